The van der Waals surface area contributed by atoms with E-state index in [0.29, 0.717) is 32.2 Å². The van der Waals surface area contributed by atoms with Gasteiger partial charge in [0.1, 0.15) is 5.78 Å². The summed E-state index contributed by atoms with van der Waals surface area (Å²) in [6.45, 7) is 9.37. The molecule has 2 atom stereocenters. The number of carbonyl (C=O) groups excluding carboxylic acids is 2. The fourth-order valence-corrected chi connectivity index (χ4v) is 4.25. The molecule has 1 aliphatic heterocycles. The van der Waals surface area contributed by atoms with Crippen molar-refractivity contribution < 1.29 is 24.2 Å². The molecule has 2 fully saturated rings. The van der Waals surface area contributed by atoms with Gasteiger partial charge in [0.15, 0.2) is 0 Å². The molecule has 1 spiro atoms. The number of carbonyl (C=O) groups is 3. The van der Waals surface area contributed by atoms with Gasteiger partial charge in [-0.25, -0.2) is 0 Å². The number of carboxylic acids is 1. The van der Waals surface area contributed by atoms with Crippen LogP contribution in [0.25, 0.3) is 0 Å². The van der Waals surface area contributed by atoms with E-state index in [1.54, 1.807) is 13.8 Å². The van der Waals surface area contributed by atoms with E-state index in [2.05, 4.69) is 5.32 Å². The van der Waals surface area contributed by atoms with E-state index in [9.17, 15) is 19.5 Å². The van der Waals surface area contributed by atoms with E-state index in [1.807, 2.05) is 20.8 Å². The Morgan fingerprint density at radius 2 is 1.79 bits per heavy atom. The van der Waals surface area contributed by atoms with Gasteiger partial charge in [0, 0.05) is 24.3 Å². The van der Waals surface area contributed by atoms with E-state index in [4.69, 9.17) is 4.74 Å². The van der Waals surface area contributed by atoms with E-state index < -0.39 is 16.8 Å². The second-order valence-electron chi connectivity index (χ2n) is 10.2. The maximum absolute atomic E-state index is 12.6. The van der Waals surface area contributed by atoms with Gasteiger partial charge in [0.25, 0.3) is 0 Å². The summed E-state index contributed by atoms with van der Waals surface area (Å²) in [5.74, 6) is -0.970. The fraction of sp³-hybridized carbons (Fsp3) is 0.864. The largest absolute Gasteiger partial charge is 0.481 e. The summed E-state index contributed by atoms with van der Waals surface area (Å²) in [6.07, 6.45) is 6.52. The Kier molecular flexibility index (Phi) is 6.95. The minimum absolute atomic E-state index is 0.0130. The third kappa shape index (κ3) is 6.03. The Balaban J connectivity index is 1.67. The monoisotopic (exact) mass is 395 g/mol. The zero-order chi connectivity index (χ0) is 21.2. The lowest BCUT2D eigenvalue weighted by molar-refractivity contribution is -0.149. The Morgan fingerprint density at radius 1 is 1.14 bits per heavy atom. The van der Waals surface area contributed by atoms with E-state index >= 15 is 0 Å². The minimum Gasteiger partial charge on any atom is -0.481 e. The Morgan fingerprint density at radius 3 is 2.32 bits per heavy atom. The van der Waals surface area contributed by atoms with Gasteiger partial charge in [-0.15, -0.1) is 0 Å². The van der Waals surface area contributed by atoms with Crippen LogP contribution in [0, 0.1) is 16.7 Å². The van der Waals surface area contributed by atoms with Gasteiger partial charge in [0.2, 0.25) is 5.91 Å². The third-order valence-electron chi connectivity index (χ3n) is 6.36. The van der Waals surface area contributed by atoms with E-state index in [-0.39, 0.29) is 29.3 Å². The third-order valence-corrected chi connectivity index (χ3v) is 6.36. The number of ketones is 1. The lowest BCUT2D eigenvalue weighted by Crippen LogP contribution is -2.36. The molecule has 0 bridgehead atoms. The predicted molar refractivity (Wildman–Crippen MR) is 107 cm³/mol. The Hall–Kier alpha value is -1.43. The molecule has 2 aliphatic rings. The number of rotatable bonds is 11. The van der Waals surface area contributed by atoms with Crippen LogP contribution in [-0.2, 0) is 19.1 Å². The number of amides is 1. The maximum atomic E-state index is 12.6. The fourth-order valence-electron chi connectivity index (χ4n) is 4.25. The van der Waals surface area contributed by atoms with Crippen molar-refractivity contribution in [1.82, 2.24) is 5.32 Å². The lowest BCUT2D eigenvalue weighted by Gasteiger charge is -2.31. The highest BCUT2D eigenvalue weighted by Crippen LogP contribution is 2.49. The molecule has 0 aromatic rings. The van der Waals surface area contributed by atoms with Gasteiger partial charge in [-0.3, -0.25) is 14.4 Å². The molecule has 1 amide bonds. The topological polar surface area (TPSA) is 92.7 Å². The van der Waals surface area contributed by atoms with Crippen LogP contribution in [-0.4, -0.2) is 41.0 Å². The van der Waals surface area contributed by atoms with Gasteiger partial charge in [-0.2, -0.15) is 0 Å². The summed E-state index contributed by atoms with van der Waals surface area (Å²) < 4.78 is 6.00. The van der Waals surface area contributed by atoms with Crippen molar-refractivity contribution >= 4 is 17.7 Å². The summed E-state index contributed by atoms with van der Waals surface area (Å²) in [6, 6.07) is 0. The van der Waals surface area contributed by atoms with Crippen LogP contribution in [0.5, 0.6) is 0 Å². The second kappa shape index (κ2) is 8.52. The zero-order valence-corrected chi connectivity index (χ0v) is 18.1. The van der Waals surface area contributed by atoms with Crippen LogP contribution < -0.4 is 5.32 Å². The van der Waals surface area contributed by atoms with Crippen LogP contribution >= 0.6 is 0 Å². The van der Waals surface area contributed by atoms with Crippen molar-refractivity contribution in [3.05, 3.63) is 0 Å². The summed E-state index contributed by atoms with van der Waals surface area (Å²) in [4.78, 5) is 36.2. The number of ether oxygens (including phenoxy) is 1. The van der Waals surface area contributed by atoms with Gasteiger partial charge < -0.3 is 15.2 Å². The quantitative estimate of drug-likeness (QED) is 0.556. The van der Waals surface area contributed by atoms with Gasteiger partial charge in [0.05, 0.1) is 17.1 Å². The summed E-state index contributed by atoms with van der Waals surface area (Å²) in [7, 11) is 0. The van der Waals surface area contributed by atoms with E-state index in [1.165, 1.54) is 0 Å². The molecule has 160 valence electrons. The molecule has 2 rings (SSSR count). The van der Waals surface area contributed by atoms with Gasteiger partial charge in [-0.1, -0.05) is 20.8 Å². The summed E-state index contributed by atoms with van der Waals surface area (Å²) >= 11 is 0. The average molecular weight is 396 g/mol. The first kappa shape index (κ1) is 22.9. The average Bonchev–Trinajstić information content (AvgIpc) is 3.22. The van der Waals surface area contributed by atoms with Crippen LogP contribution in [0.15, 0.2) is 0 Å². The van der Waals surface area contributed by atoms with Crippen LogP contribution in [0.1, 0.15) is 86.0 Å². The Labute approximate surface area is 168 Å². The van der Waals surface area contributed by atoms with Gasteiger partial charge >= 0.3 is 5.97 Å². The number of hydrogen-bond acceptors (Lipinski definition) is 4. The standard InChI is InChI=1S/C22H37NO5/c1-15(18(25)23-13-16-9-10-22(28-16)11-12-22)7-6-8-17(24)20(2,3)14-21(4,5)19(26)27/h15-16H,6-14H2,1-5H3,(H,23,25)(H,26,27). The number of aliphatic carboxylic acids is 1. The minimum atomic E-state index is -0.937. The molecule has 0 aromatic heterocycles. The number of nitrogens with one attached hydrogen (secondary N) is 1. The molecule has 2 N–H and O–H groups in total. The normalized spacial score (nSPS) is 22.1. The number of Topliss-reactive ketones (excluding diaryl/α,β-unsaturated/α-hetero) is 1. The molecule has 1 heterocycles. The highest BCUT2D eigenvalue weighted by molar-refractivity contribution is 5.85. The lowest BCUT2D eigenvalue weighted by atomic mass is 9.72. The molecule has 0 aromatic carbocycles. The molecule has 2 unspecified atom stereocenters. The summed E-state index contributed by atoms with van der Waals surface area (Å²) in [5, 5.41) is 12.3. The second-order valence-corrected chi connectivity index (χ2v) is 10.2. The molecule has 6 heteroatoms. The molecule has 1 saturated carbocycles. The molecule has 1 aliphatic carbocycles. The molecular formula is C22H37NO5. The van der Waals surface area contributed by atoms with Crippen LogP contribution in [0.3, 0.4) is 0 Å². The van der Waals surface area contributed by atoms with Crippen molar-refractivity contribution in [1.29, 1.82) is 0 Å². The zero-order valence-electron chi connectivity index (χ0n) is 18.1. The number of hydrogen-bond donors (Lipinski definition) is 2. The molecule has 6 nitrogen and oxygen atoms in total. The van der Waals surface area contributed by atoms with Crippen LogP contribution in [0.2, 0.25) is 0 Å². The predicted octanol–water partition coefficient (Wildman–Crippen LogP) is 3.72. The van der Waals surface area contributed by atoms with Crippen molar-refractivity contribution in [2.75, 3.05) is 6.54 Å². The van der Waals surface area contributed by atoms with Gasteiger partial charge in [-0.05, 0) is 58.8 Å². The first-order valence-corrected chi connectivity index (χ1v) is 10.6. The summed E-state index contributed by atoms with van der Waals surface area (Å²) in [5.41, 5.74) is -1.48. The first-order chi connectivity index (χ1) is 12.9. The van der Waals surface area contributed by atoms with Crippen molar-refractivity contribution in [2.45, 2.75) is 97.7 Å². The smallest absolute Gasteiger partial charge is 0.309 e. The highest BCUT2D eigenvalue weighted by Gasteiger charge is 2.49. The van der Waals surface area contributed by atoms with Crippen molar-refractivity contribution in [3.63, 3.8) is 0 Å². The van der Waals surface area contributed by atoms with E-state index in [0.717, 1.165) is 25.7 Å². The Bertz CT molecular complexity index is 606. The highest BCUT2D eigenvalue weighted by atomic mass is 16.5. The molecular weight excluding hydrogens is 358 g/mol. The molecule has 1 saturated heterocycles. The van der Waals surface area contributed by atoms with Crippen molar-refractivity contribution in [2.24, 2.45) is 16.7 Å². The van der Waals surface area contributed by atoms with Crippen LogP contribution in [0.4, 0.5) is 0 Å². The van der Waals surface area contributed by atoms with Crippen molar-refractivity contribution in [3.8, 4) is 0 Å². The SMILES string of the molecule is CC(CCCC(=O)C(C)(C)CC(C)(C)C(=O)O)C(=O)NCC1CCC2(CC2)O1. The molecule has 0 radical (unpaired) electrons. The number of carboxylic acid groups (broad SMARTS) is 1. The first-order valence-electron chi connectivity index (χ1n) is 10.6. The molecule has 28 heavy (non-hydrogen) atoms. The maximum Gasteiger partial charge on any atom is 0.309 e.